The van der Waals surface area contributed by atoms with Crippen LogP contribution in [0.5, 0.6) is 0 Å². The second-order valence-electron chi connectivity index (χ2n) is 1.88. The van der Waals surface area contributed by atoms with Gasteiger partial charge in [-0.05, 0) is 18.8 Å². The standard InChI is InChI=1S/C6H9F/c7-5-1-2-6-3-4-6/h3-4,6H,1-2,5H2. The first-order chi connectivity index (χ1) is 3.43. The van der Waals surface area contributed by atoms with E-state index in [0.29, 0.717) is 5.92 Å². The van der Waals surface area contributed by atoms with Crippen LogP contribution in [0, 0.1) is 5.92 Å². The Morgan fingerprint density at radius 1 is 1.43 bits per heavy atom. The van der Waals surface area contributed by atoms with E-state index in [1.165, 1.54) is 0 Å². The van der Waals surface area contributed by atoms with Crippen LogP contribution >= 0.6 is 0 Å². The van der Waals surface area contributed by atoms with Crippen LogP contribution in [0.1, 0.15) is 12.8 Å². The Labute approximate surface area is 43.0 Å². The van der Waals surface area contributed by atoms with E-state index in [-0.39, 0.29) is 6.67 Å². The molecule has 0 spiro atoms. The van der Waals surface area contributed by atoms with Crippen molar-refractivity contribution in [3.05, 3.63) is 12.2 Å². The van der Waals surface area contributed by atoms with Gasteiger partial charge in [0.15, 0.2) is 0 Å². The van der Waals surface area contributed by atoms with Gasteiger partial charge in [0.05, 0.1) is 6.67 Å². The van der Waals surface area contributed by atoms with Crippen molar-refractivity contribution >= 4 is 0 Å². The van der Waals surface area contributed by atoms with E-state index in [9.17, 15) is 4.39 Å². The maximum atomic E-state index is 11.4. The molecule has 0 nitrogen and oxygen atoms in total. The summed E-state index contributed by atoms with van der Waals surface area (Å²) in [7, 11) is 0. The third-order valence-corrected chi connectivity index (χ3v) is 1.14. The van der Waals surface area contributed by atoms with Gasteiger partial charge in [-0.3, -0.25) is 4.39 Å². The highest BCUT2D eigenvalue weighted by Crippen LogP contribution is 2.21. The predicted octanol–water partition coefficient (Wildman–Crippen LogP) is 1.92. The normalized spacial score (nSPS) is 17.9. The molecule has 0 aromatic heterocycles. The van der Waals surface area contributed by atoms with E-state index in [0.717, 1.165) is 12.8 Å². The number of rotatable bonds is 3. The Balaban J connectivity index is 1.81. The van der Waals surface area contributed by atoms with Crippen LogP contribution in [-0.4, -0.2) is 6.67 Å². The first kappa shape index (κ1) is 4.82. The lowest BCUT2D eigenvalue weighted by Crippen LogP contribution is -1.78. The Hall–Kier alpha value is -0.330. The molecule has 1 aliphatic carbocycles. The largest absolute Gasteiger partial charge is 0.251 e. The van der Waals surface area contributed by atoms with Gasteiger partial charge in [0.1, 0.15) is 0 Å². The van der Waals surface area contributed by atoms with Crippen LogP contribution < -0.4 is 0 Å². The van der Waals surface area contributed by atoms with Crippen molar-refractivity contribution in [1.82, 2.24) is 0 Å². The summed E-state index contributed by atoms with van der Waals surface area (Å²) in [5.41, 5.74) is 0. The summed E-state index contributed by atoms with van der Waals surface area (Å²) >= 11 is 0. The molecular formula is C6H9F. The molecule has 0 atom stereocenters. The van der Waals surface area contributed by atoms with Gasteiger partial charge >= 0.3 is 0 Å². The van der Waals surface area contributed by atoms with E-state index < -0.39 is 0 Å². The minimum absolute atomic E-state index is 0.155. The molecule has 0 heterocycles. The lowest BCUT2D eigenvalue weighted by molar-refractivity contribution is 0.456. The summed E-state index contributed by atoms with van der Waals surface area (Å²) in [4.78, 5) is 0. The van der Waals surface area contributed by atoms with Crippen molar-refractivity contribution in [2.24, 2.45) is 5.92 Å². The fourth-order valence-electron chi connectivity index (χ4n) is 0.584. The smallest absolute Gasteiger partial charge is 0.0894 e. The van der Waals surface area contributed by atoms with Crippen LogP contribution in [0.3, 0.4) is 0 Å². The van der Waals surface area contributed by atoms with E-state index in [2.05, 4.69) is 12.2 Å². The second-order valence-corrected chi connectivity index (χ2v) is 1.88. The molecule has 0 aromatic rings. The van der Waals surface area contributed by atoms with Gasteiger partial charge < -0.3 is 0 Å². The zero-order valence-electron chi connectivity index (χ0n) is 4.23. The fraction of sp³-hybridized carbons (Fsp3) is 0.667. The third kappa shape index (κ3) is 1.72. The quantitative estimate of drug-likeness (QED) is 0.475. The van der Waals surface area contributed by atoms with E-state index >= 15 is 0 Å². The van der Waals surface area contributed by atoms with Crippen LogP contribution in [0.4, 0.5) is 4.39 Å². The number of alkyl halides is 1. The Kier molecular flexibility index (Phi) is 1.45. The highest BCUT2D eigenvalue weighted by molar-refractivity contribution is 5.12. The minimum Gasteiger partial charge on any atom is -0.251 e. The Bertz CT molecular complexity index is 70.2. The molecule has 1 aliphatic rings. The molecule has 0 unspecified atom stereocenters. The lowest BCUT2D eigenvalue weighted by atomic mass is 10.2. The Morgan fingerprint density at radius 2 is 2.14 bits per heavy atom. The first-order valence-electron chi connectivity index (χ1n) is 2.68. The van der Waals surface area contributed by atoms with Gasteiger partial charge in [0, 0.05) is 0 Å². The van der Waals surface area contributed by atoms with Gasteiger partial charge in [-0.1, -0.05) is 12.2 Å². The zero-order valence-corrected chi connectivity index (χ0v) is 4.23. The molecule has 0 aromatic carbocycles. The van der Waals surface area contributed by atoms with Gasteiger partial charge in [0.2, 0.25) is 0 Å². The highest BCUT2D eigenvalue weighted by atomic mass is 19.1. The second kappa shape index (κ2) is 2.10. The van der Waals surface area contributed by atoms with Crippen LogP contribution in [0.15, 0.2) is 12.2 Å². The van der Waals surface area contributed by atoms with Crippen molar-refractivity contribution in [2.45, 2.75) is 12.8 Å². The molecule has 40 valence electrons. The number of hydrogen-bond acceptors (Lipinski definition) is 0. The molecule has 1 heteroatoms. The summed E-state index contributed by atoms with van der Waals surface area (Å²) in [6, 6.07) is 0. The highest BCUT2D eigenvalue weighted by Gasteiger charge is 2.08. The molecule has 7 heavy (non-hydrogen) atoms. The van der Waals surface area contributed by atoms with Crippen molar-refractivity contribution in [3.63, 3.8) is 0 Å². The zero-order chi connectivity index (χ0) is 5.11. The minimum atomic E-state index is -0.155. The monoisotopic (exact) mass is 100 g/mol. The Morgan fingerprint density at radius 3 is 2.57 bits per heavy atom. The van der Waals surface area contributed by atoms with Gasteiger partial charge in [-0.25, -0.2) is 0 Å². The van der Waals surface area contributed by atoms with Crippen LogP contribution in [-0.2, 0) is 0 Å². The topological polar surface area (TPSA) is 0 Å². The third-order valence-electron chi connectivity index (χ3n) is 1.14. The number of hydrogen-bond donors (Lipinski definition) is 0. The fourth-order valence-corrected chi connectivity index (χ4v) is 0.584. The molecule has 0 N–H and O–H groups in total. The summed E-state index contributed by atoms with van der Waals surface area (Å²) in [5.74, 6) is 0.663. The van der Waals surface area contributed by atoms with Gasteiger partial charge in [-0.2, -0.15) is 0 Å². The van der Waals surface area contributed by atoms with Gasteiger partial charge in [-0.15, -0.1) is 0 Å². The number of allylic oxidation sites excluding steroid dienone is 2. The average molecular weight is 100 g/mol. The maximum absolute atomic E-state index is 11.4. The van der Waals surface area contributed by atoms with Crippen LogP contribution in [0.2, 0.25) is 0 Å². The maximum Gasteiger partial charge on any atom is 0.0894 e. The van der Waals surface area contributed by atoms with Crippen molar-refractivity contribution < 1.29 is 4.39 Å². The molecule has 1 rings (SSSR count). The molecule has 0 fully saturated rings. The summed E-state index contributed by atoms with van der Waals surface area (Å²) in [5, 5.41) is 0. The number of halogens is 1. The first-order valence-corrected chi connectivity index (χ1v) is 2.68. The van der Waals surface area contributed by atoms with Crippen LogP contribution in [0.25, 0.3) is 0 Å². The van der Waals surface area contributed by atoms with E-state index in [1.807, 2.05) is 0 Å². The molecule has 0 bridgehead atoms. The SMILES string of the molecule is FCCCC1C=C1. The van der Waals surface area contributed by atoms with Crippen molar-refractivity contribution in [1.29, 1.82) is 0 Å². The predicted molar refractivity (Wildman–Crippen MR) is 27.8 cm³/mol. The van der Waals surface area contributed by atoms with Crippen molar-refractivity contribution in [2.75, 3.05) is 6.67 Å². The molecule has 0 saturated heterocycles. The van der Waals surface area contributed by atoms with E-state index in [4.69, 9.17) is 0 Å². The summed E-state index contributed by atoms with van der Waals surface area (Å²) < 4.78 is 11.4. The molecule has 0 aliphatic heterocycles. The molecule has 0 radical (unpaired) electrons. The molecule has 0 saturated carbocycles. The van der Waals surface area contributed by atoms with E-state index in [1.54, 1.807) is 0 Å². The average Bonchev–Trinajstić information content (AvgIpc) is 2.42. The molecular weight excluding hydrogens is 91.1 g/mol. The van der Waals surface area contributed by atoms with Gasteiger partial charge in [0.25, 0.3) is 0 Å². The summed E-state index contributed by atoms with van der Waals surface area (Å²) in [6.45, 7) is -0.155. The summed E-state index contributed by atoms with van der Waals surface area (Å²) in [6.07, 6.45) is 5.97. The lowest BCUT2D eigenvalue weighted by Gasteiger charge is -1.87. The molecule has 0 amide bonds. The van der Waals surface area contributed by atoms with Crippen molar-refractivity contribution in [3.8, 4) is 0 Å².